The van der Waals surface area contributed by atoms with Gasteiger partial charge in [-0.3, -0.25) is 29.5 Å². The molecule has 2 aromatic rings. The number of ether oxygens (including phenoxy) is 1. The Kier molecular flexibility index (Phi) is 20.2. The van der Waals surface area contributed by atoms with E-state index in [0.29, 0.717) is 30.1 Å². The number of likely N-dealkylation sites (tertiary alicyclic amines) is 1. The van der Waals surface area contributed by atoms with E-state index in [-0.39, 0.29) is 54.6 Å². The molecule has 0 bridgehead atoms. The number of carbonyl (C=O) groups excluding carboxylic acids is 3. The molecule has 5 N–H and O–H groups in total. The zero-order valence-electron chi connectivity index (χ0n) is 37.6. The molecule has 1 fully saturated rings. The molecule has 6 atom stereocenters. The first-order chi connectivity index (χ1) is 28.3. The largest absolute Gasteiger partial charge is 0.770 e. The minimum atomic E-state index is -1.16. The maximum Gasteiger partial charge on any atom is 0.309 e. The summed E-state index contributed by atoms with van der Waals surface area (Å²) in [4.78, 5) is 62.1. The van der Waals surface area contributed by atoms with Crippen LogP contribution < -0.4 is 16.1 Å². The number of phenolic OH excluding ortho intramolecular Hbond substituents is 1. The Morgan fingerprint density at radius 3 is 2.43 bits per heavy atom. The Morgan fingerprint density at radius 2 is 1.83 bits per heavy atom. The summed E-state index contributed by atoms with van der Waals surface area (Å²) >= 11 is 1.17. The third-order valence-corrected chi connectivity index (χ3v) is 12.7. The summed E-state index contributed by atoms with van der Waals surface area (Å²) in [6.45, 7) is 16.0. The van der Waals surface area contributed by atoms with E-state index in [1.54, 1.807) is 44.5 Å². The number of piperidine rings is 1. The molecule has 1 aromatic heterocycles. The molecule has 1 aliphatic heterocycles. The Labute approximate surface area is 361 Å². The van der Waals surface area contributed by atoms with Crippen LogP contribution in [-0.4, -0.2) is 105 Å². The van der Waals surface area contributed by atoms with Gasteiger partial charge in [0.25, 0.3) is 5.91 Å². The van der Waals surface area contributed by atoms with E-state index in [9.17, 15) is 34.6 Å². The number of carboxylic acid groups (broad SMARTS) is 1. The molecule has 1 aromatic carbocycles. The van der Waals surface area contributed by atoms with Gasteiger partial charge in [-0.2, -0.15) is 0 Å². The molecule has 1 aliphatic rings. The highest BCUT2D eigenvalue weighted by Crippen LogP contribution is 2.33. The van der Waals surface area contributed by atoms with E-state index in [0.717, 1.165) is 55.8 Å². The summed E-state index contributed by atoms with van der Waals surface area (Å²) in [6, 6.07) is 3.23. The molecule has 2 amide bonds. The number of rotatable bonds is 25. The zero-order valence-corrected chi connectivity index (χ0v) is 38.4. The molecule has 15 nitrogen and oxygen atoms in total. The van der Waals surface area contributed by atoms with Crippen LogP contribution in [0, 0.1) is 22.5 Å². The summed E-state index contributed by atoms with van der Waals surface area (Å²) in [7, 11) is 3.62. The highest BCUT2D eigenvalue weighted by molar-refractivity contribution is 7.09. The summed E-state index contributed by atoms with van der Waals surface area (Å²) < 4.78 is 5.92. The number of hydrazine groups is 1. The van der Waals surface area contributed by atoms with Gasteiger partial charge in [0, 0.05) is 44.4 Å². The lowest BCUT2D eigenvalue weighted by Gasteiger charge is -2.48. The van der Waals surface area contributed by atoms with Crippen molar-refractivity contribution in [1.29, 1.82) is 0 Å². The lowest BCUT2D eigenvalue weighted by Crippen LogP contribution is -2.61. The minimum absolute atomic E-state index is 0.0671. The Bertz CT molecular complexity index is 1690. The number of thiazole rings is 1. The number of aromatic nitrogens is 1. The van der Waals surface area contributed by atoms with Gasteiger partial charge < -0.3 is 40.9 Å². The molecular weight excluding hydrogens is 787 g/mol. The number of anilines is 1. The zero-order chi connectivity index (χ0) is 44.7. The van der Waals surface area contributed by atoms with Gasteiger partial charge >= 0.3 is 11.9 Å². The number of phenols is 1. The predicted molar refractivity (Wildman–Crippen MR) is 236 cm³/mol. The van der Waals surface area contributed by atoms with Crippen molar-refractivity contribution in [2.75, 3.05) is 32.5 Å². The monoisotopic (exact) mass is 859 g/mol. The van der Waals surface area contributed by atoms with Gasteiger partial charge in [0.2, 0.25) is 5.91 Å². The molecule has 2 heterocycles. The van der Waals surface area contributed by atoms with E-state index in [1.165, 1.54) is 18.3 Å². The van der Waals surface area contributed by atoms with Crippen LogP contribution >= 0.6 is 11.3 Å². The fourth-order valence-corrected chi connectivity index (χ4v) is 8.65. The topological polar surface area (TPSA) is 200 Å². The number of amides is 2. The van der Waals surface area contributed by atoms with Crippen molar-refractivity contribution in [2.45, 2.75) is 156 Å². The number of hydroxylamine groups is 1. The number of carbonyl (C=O) groups is 4. The summed E-state index contributed by atoms with van der Waals surface area (Å²) in [5.41, 5.74) is 3.30. The lowest BCUT2D eigenvalue weighted by atomic mass is 9.84. The van der Waals surface area contributed by atoms with E-state index in [1.807, 2.05) is 44.5 Å². The fraction of sp³-hybridized carbons (Fsp3) is 0.705. The maximum absolute atomic E-state index is 14.9. The number of aromatic hydroxyl groups is 1. The normalized spacial score (nSPS) is 17.4. The van der Waals surface area contributed by atoms with Crippen LogP contribution in [0.5, 0.6) is 5.75 Å². The van der Waals surface area contributed by atoms with Crippen LogP contribution in [0.3, 0.4) is 0 Å². The minimum Gasteiger partial charge on any atom is -0.770 e. The molecule has 2 unspecified atom stereocenters. The molecule has 60 heavy (non-hydrogen) atoms. The van der Waals surface area contributed by atoms with Crippen molar-refractivity contribution in [3.05, 3.63) is 45.1 Å². The standard InChI is InChI=1S/C44H72N7O8S/c1-11-13-14-16-22-50(42(55)39(29(5)12-2)48-51(58)38-18-15-17-21-49(38)10)35(28(3)4)25-37(59-30(6)52)41-47-34(27-60-41)40(54)46-32(26-44(7,8)43(56)57)23-31-19-20-36(53)33(24-31)45-9/h19-20,24,27-29,32,35,37-39,45,48,53H,11-18,21-23,25-26H2,1-10H3,(H,46,54)(H,56,57)/q-1/t29-,32?,35?,37+,38-,39-/m0/s1. The average molecular weight is 859 g/mol. The molecule has 0 aliphatic carbocycles. The van der Waals surface area contributed by atoms with Crippen molar-refractivity contribution in [2.24, 2.45) is 17.3 Å². The van der Waals surface area contributed by atoms with Gasteiger partial charge in [-0.05, 0) is 95.5 Å². The molecule has 338 valence electrons. The van der Waals surface area contributed by atoms with Crippen LogP contribution in [0.2, 0.25) is 0 Å². The first kappa shape index (κ1) is 50.5. The first-order valence-corrected chi connectivity index (χ1v) is 22.6. The third kappa shape index (κ3) is 14.7. The molecule has 0 radical (unpaired) electrons. The van der Waals surface area contributed by atoms with E-state index >= 15 is 0 Å². The van der Waals surface area contributed by atoms with E-state index in [4.69, 9.17) is 4.74 Å². The van der Waals surface area contributed by atoms with Gasteiger partial charge in [-0.15, -0.1) is 11.3 Å². The summed E-state index contributed by atoms with van der Waals surface area (Å²) in [5, 5.41) is 42.6. The van der Waals surface area contributed by atoms with Crippen LogP contribution in [0.25, 0.3) is 0 Å². The van der Waals surface area contributed by atoms with Crippen molar-refractivity contribution in [3.8, 4) is 5.75 Å². The molecular formula is C44H72N7O8S-. The fourth-order valence-electron chi connectivity index (χ4n) is 7.82. The lowest BCUT2D eigenvalue weighted by molar-refractivity contribution is -0.150. The number of carboxylic acids is 1. The van der Waals surface area contributed by atoms with Gasteiger partial charge in [0.15, 0.2) is 6.10 Å². The number of nitrogens with zero attached hydrogens (tertiary/aromatic N) is 4. The highest BCUT2D eigenvalue weighted by atomic mass is 32.1. The van der Waals surface area contributed by atoms with E-state index < -0.39 is 47.5 Å². The number of esters is 1. The van der Waals surface area contributed by atoms with Crippen LogP contribution in [0.4, 0.5) is 5.69 Å². The average Bonchev–Trinajstić information content (AvgIpc) is 3.69. The van der Waals surface area contributed by atoms with Crippen LogP contribution in [0.1, 0.15) is 147 Å². The highest BCUT2D eigenvalue weighted by Gasteiger charge is 2.38. The number of hydrogen-bond donors (Lipinski definition) is 5. The molecule has 16 heteroatoms. The van der Waals surface area contributed by atoms with Crippen LogP contribution in [0.15, 0.2) is 23.6 Å². The van der Waals surface area contributed by atoms with E-state index in [2.05, 4.69) is 28.0 Å². The molecule has 1 saturated heterocycles. The summed E-state index contributed by atoms with van der Waals surface area (Å²) in [6.07, 6.45) is 6.45. The maximum atomic E-state index is 14.9. The Balaban J connectivity index is 1.95. The number of benzene rings is 1. The second-order valence-corrected chi connectivity index (χ2v) is 18.3. The van der Waals surface area contributed by atoms with Gasteiger partial charge in [-0.25, -0.2) is 4.98 Å². The van der Waals surface area contributed by atoms with Gasteiger partial charge in [-0.1, -0.05) is 66.4 Å². The molecule has 0 spiro atoms. The quantitative estimate of drug-likeness (QED) is 0.0288. The molecule has 3 rings (SSSR count). The SMILES string of the molecule is CCCCCCN(C(=O)[C@@H](NN([O-])[C@H]1CCCCN1C)[C@@H](C)CC)C(C[C@@H](OC(C)=O)c1nc(C(=O)NC(Cc2ccc(O)c(NC)c2)CC(C)(C)C(=O)O)cs1)C(C)C. The second-order valence-electron chi connectivity index (χ2n) is 17.5. The first-order valence-electron chi connectivity index (χ1n) is 21.7. The smallest absolute Gasteiger partial charge is 0.309 e. The van der Waals surface area contributed by atoms with Crippen molar-refractivity contribution in [1.82, 2.24) is 30.7 Å². The number of hydrogen-bond acceptors (Lipinski definition) is 13. The van der Waals surface area contributed by atoms with Gasteiger partial charge in [0.1, 0.15) is 22.5 Å². The number of unbranched alkanes of at least 4 members (excludes halogenated alkanes) is 3. The van der Waals surface area contributed by atoms with Gasteiger partial charge in [0.05, 0.1) is 17.3 Å². The summed E-state index contributed by atoms with van der Waals surface area (Å²) in [5.74, 6) is -2.39. The molecule has 0 saturated carbocycles. The predicted octanol–water partition coefficient (Wildman–Crippen LogP) is 7.32. The van der Waals surface area contributed by atoms with Crippen molar-refractivity contribution in [3.63, 3.8) is 0 Å². The second kappa shape index (κ2) is 24.0. The number of nitrogens with one attached hydrogen (secondary N) is 3. The Morgan fingerprint density at radius 1 is 1.12 bits per heavy atom. The Hall–Kier alpha value is -3.83. The van der Waals surface area contributed by atoms with Crippen molar-refractivity contribution < 1.29 is 34.1 Å². The third-order valence-electron chi connectivity index (χ3n) is 11.7. The van der Waals surface area contributed by atoms with Crippen molar-refractivity contribution >= 4 is 40.8 Å². The number of aliphatic carboxylic acids is 1. The van der Waals surface area contributed by atoms with Crippen LogP contribution in [-0.2, 0) is 25.5 Å².